The number of nitrogens with two attached hydrogens (primary N) is 1. The number of hydrogen-bond acceptors (Lipinski definition) is 5. The number of nitrogens with zero attached hydrogens (tertiary/aromatic N) is 2. The van der Waals surface area contributed by atoms with Gasteiger partial charge in [-0.2, -0.15) is 0 Å². The van der Waals surface area contributed by atoms with Crippen molar-refractivity contribution in [1.82, 2.24) is 4.90 Å². The van der Waals surface area contributed by atoms with Gasteiger partial charge >= 0.3 is 6.09 Å². The Morgan fingerprint density at radius 2 is 1.95 bits per heavy atom. The molecular formula is C13H27N3O4. The molecule has 2 atom stereocenters. The van der Waals surface area contributed by atoms with Gasteiger partial charge in [0.25, 0.3) is 0 Å². The van der Waals surface area contributed by atoms with Crippen LogP contribution in [0.15, 0.2) is 5.16 Å². The average molecular weight is 289 g/mol. The van der Waals surface area contributed by atoms with Gasteiger partial charge in [0, 0.05) is 7.05 Å². The van der Waals surface area contributed by atoms with Gasteiger partial charge in [-0.3, -0.25) is 0 Å². The summed E-state index contributed by atoms with van der Waals surface area (Å²) >= 11 is 0. The lowest BCUT2D eigenvalue weighted by Crippen LogP contribution is -2.47. The second-order valence-corrected chi connectivity index (χ2v) is 5.91. The van der Waals surface area contributed by atoms with Crippen molar-refractivity contribution >= 4 is 11.9 Å². The van der Waals surface area contributed by atoms with Crippen molar-refractivity contribution < 1.29 is 19.8 Å². The molecule has 1 amide bonds. The Balaban J connectivity index is 4.73. The van der Waals surface area contributed by atoms with E-state index in [4.69, 9.17) is 15.7 Å². The summed E-state index contributed by atoms with van der Waals surface area (Å²) in [4.78, 5) is 13.3. The number of carbonyl (C=O) groups is 1. The molecule has 4 N–H and O–H groups in total. The van der Waals surface area contributed by atoms with Crippen LogP contribution in [0.5, 0.6) is 0 Å². The summed E-state index contributed by atoms with van der Waals surface area (Å²) in [7, 11) is 1.54. The maximum absolute atomic E-state index is 12.0. The third kappa shape index (κ3) is 7.18. The summed E-state index contributed by atoms with van der Waals surface area (Å²) in [5, 5.41) is 21.0. The molecule has 0 heterocycles. The smallest absolute Gasteiger partial charge is 0.410 e. The number of aliphatic hydroxyl groups is 1. The highest BCUT2D eigenvalue weighted by atomic mass is 16.6. The van der Waals surface area contributed by atoms with E-state index in [0.29, 0.717) is 19.3 Å². The number of amides is 1. The minimum absolute atomic E-state index is 0.0519. The van der Waals surface area contributed by atoms with Gasteiger partial charge in [0.15, 0.2) is 5.84 Å². The molecule has 0 saturated heterocycles. The molecule has 0 saturated carbocycles. The SMILES string of the molecule is CC(O)CCCC(/C(N)=N/O)N(C)C(=O)OC(C)(C)C. The van der Waals surface area contributed by atoms with E-state index in [0.717, 1.165) is 0 Å². The molecule has 0 aliphatic heterocycles. The monoisotopic (exact) mass is 289 g/mol. The molecule has 7 heteroatoms. The third-order valence-corrected chi connectivity index (χ3v) is 2.71. The number of amidine groups is 1. The fourth-order valence-electron chi connectivity index (χ4n) is 1.67. The van der Waals surface area contributed by atoms with E-state index in [2.05, 4.69) is 5.16 Å². The van der Waals surface area contributed by atoms with Gasteiger partial charge in [0.05, 0.1) is 12.1 Å². The molecule has 0 bridgehead atoms. The van der Waals surface area contributed by atoms with E-state index in [1.807, 2.05) is 0 Å². The number of aliphatic hydroxyl groups excluding tert-OH is 1. The molecule has 118 valence electrons. The molecule has 0 spiro atoms. The molecule has 0 aromatic heterocycles. The number of ether oxygens (including phenoxy) is 1. The zero-order valence-corrected chi connectivity index (χ0v) is 13.0. The lowest BCUT2D eigenvalue weighted by molar-refractivity contribution is 0.0257. The van der Waals surface area contributed by atoms with Crippen molar-refractivity contribution in [3.63, 3.8) is 0 Å². The van der Waals surface area contributed by atoms with Crippen LogP contribution in [0.25, 0.3) is 0 Å². The van der Waals surface area contributed by atoms with E-state index in [1.54, 1.807) is 34.7 Å². The molecule has 20 heavy (non-hydrogen) atoms. The van der Waals surface area contributed by atoms with Crippen molar-refractivity contribution in [3.8, 4) is 0 Å². The Morgan fingerprint density at radius 1 is 1.40 bits per heavy atom. The van der Waals surface area contributed by atoms with E-state index < -0.39 is 23.8 Å². The summed E-state index contributed by atoms with van der Waals surface area (Å²) in [6.45, 7) is 7.00. The number of rotatable bonds is 6. The van der Waals surface area contributed by atoms with Crippen LogP contribution >= 0.6 is 0 Å². The van der Waals surface area contributed by atoms with Crippen molar-refractivity contribution in [3.05, 3.63) is 0 Å². The molecule has 0 fully saturated rings. The fourth-order valence-corrected chi connectivity index (χ4v) is 1.67. The maximum Gasteiger partial charge on any atom is 0.410 e. The van der Waals surface area contributed by atoms with Crippen molar-refractivity contribution in [2.45, 2.75) is 64.7 Å². The Morgan fingerprint density at radius 3 is 2.35 bits per heavy atom. The van der Waals surface area contributed by atoms with Gasteiger partial charge < -0.3 is 25.7 Å². The van der Waals surface area contributed by atoms with Gasteiger partial charge in [-0.15, -0.1) is 0 Å². The highest BCUT2D eigenvalue weighted by Gasteiger charge is 2.27. The molecule has 0 aliphatic rings. The second-order valence-electron chi connectivity index (χ2n) is 5.91. The topological polar surface area (TPSA) is 108 Å². The summed E-state index contributed by atoms with van der Waals surface area (Å²) < 4.78 is 5.25. The van der Waals surface area contributed by atoms with Gasteiger partial charge in [-0.1, -0.05) is 5.16 Å². The lowest BCUT2D eigenvalue weighted by Gasteiger charge is -2.30. The van der Waals surface area contributed by atoms with Crippen molar-refractivity contribution in [1.29, 1.82) is 0 Å². The van der Waals surface area contributed by atoms with Crippen LogP contribution in [0.3, 0.4) is 0 Å². The van der Waals surface area contributed by atoms with Crippen LogP contribution < -0.4 is 5.73 Å². The number of likely N-dealkylation sites (N-methyl/N-ethyl adjacent to an activating group) is 1. The van der Waals surface area contributed by atoms with Crippen molar-refractivity contribution in [2.24, 2.45) is 10.9 Å². The largest absolute Gasteiger partial charge is 0.444 e. The zero-order chi connectivity index (χ0) is 15.9. The molecule has 7 nitrogen and oxygen atoms in total. The molecule has 0 aromatic carbocycles. The third-order valence-electron chi connectivity index (χ3n) is 2.71. The molecule has 0 aromatic rings. The summed E-state index contributed by atoms with van der Waals surface area (Å²) in [5.41, 5.74) is 5.01. The predicted octanol–water partition coefficient (Wildman–Crippen LogP) is 1.52. The Bertz CT molecular complexity index is 337. The minimum Gasteiger partial charge on any atom is -0.444 e. The standard InChI is InChI=1S/C13H27N3O4/c1-9(17)7-6-8-10(11(14)15-19)16(5)12(18)20-13(2,3)4/h9-10,17,19H,6-8H2,1-5H3,(H2,14,15). The van der Waals surface area contributed by atoms with E-state index >= 15 is 0 Å². The Labute approximate surface area is 120 Å². The summed E-state index contributed by atoms with van der Waals surface area (Å²) in [5.74, 6) is -0.0519. The zero-order valence-electron chi connectivity index (χ0n) is 13.0. The van der Waals surface area contributed by atoms with E-state index in [-0.39, 0.29) is 5.84 Å². The second kappa shape index (κ2) is 7.94. The predicted molar refractivity (Wildman–Crippen MR) is 76.7 cm³/mol. The Kier molecular flexibility index (Phi) is 7.34. The molecule has 0 rings (SSSR count). The number of hydrogen-bond donors (Lipinski definition) is 3. The van der Waals surface area contributed by atoms with Crippen LogP contribution in [0, 0.1) is 0 Å². The van der Waals surface area contributed by atoms with Crippen LogP contribution in [0.1, 0.15) is 47.0 Å². The highest BCUT2D eigenvalue weighted by molar-refractivity contribution is 5.88. The van der Waals surface area contributed by atoms with Crippen molar-refractivity contribution in [2.75, 3.05) is 7.05 Å². The van der Waals surface area contributed by atoms with Crippen LogP contribution in [-0.2, 0) is 4.74 Å². The van der Waals surface area contributed by atoms with Gasteiger partial charge in [0.2, 0.25) is 0 Å². The van der Waals surface area contributed by atoms with Crippen LogP contribution in [-0.4, -0.2) is 51.9 Å². The highest BCUT2D eigenvalue weighted by Crippen LogP contribution is 2.14. The number of oxime groups is 1. The summed E-state index contributed by atoms with van der Waals surface area (Å²) in [6.07, 6.45) is 0.750. The summed E-state index contributed by atoms with van der Waals surface area (Å²) in [6, 6.07) is -0.561. The maximum atomic E-state index is 12.0. The first-order valence-corrected chi connectivity index (χ1v) is 6.69. The molecule has 0 aliphatic carbocycles. The fraction of sp³-hybridized carbons (Fsp3) is 0.846. The average Bonchev–Trinajstić information content (AvgIpc) is 2.30. The van der Waals surface area contributed by atoms with Gasteiger partial charge in [-0.05, 0) is 47.0 Å². The first-order chi connectivity index (χ1) is 9.08. The van der Waals surface area contributed by atoms with Gasteiger partial charge in [-0.25, -0.2) is 4.79 Å². The normalized spacial score (nSPS) is 15.6. The number of carbonyl (C=O) groups excluding carboxylic acids is 1. The lowest BCUT2D eigenvalue weighted by atomic mass is 10.1. The minimum atomic E-state index is -0.610. The first-order valence-electron chi connectivity index (χ1n) is 6.69. The first kappa shape index (κ1) is 18.5. The molecular weight excluding hydrogens is 262 g/mol. The Hall–Kier alpha value is -1.50. The van der Waals surface area contributed by atoms with E-state index in [1.165, 1.54) is 4.90 Å². The molecule has 2 unspecified atom stereocenters. The van der Waals surface area contributed by atoms with Gasteiger partial charge in [0.1, 0.15) is 5.60 Å². The van der Waals surface area contributed by atoms with Crippen LogP contribution in [0.2, 0.25) is 0 Å². The molecule has 0 radical (unpaired) electrons. The van der Waals surface area contributed by atoms with Crippen LogP contribution in [0.4, 0.5) is 4.79 Å². The van der Waals surface area contributed by atoms with E-state index in [9.17, 15) is 9.90 Å². The quantitative estimate of drug-likeness (QED) is 0.297.